The third kappa shape index (κ3) is 3.08. The number of amidine groups is 1. The molecule has 7 heteroatoms. The molecule has 0 aliphatic heterocycles. The zero-order chi connectivity index (χ0) is 14.7. The van der Waals surface area contributed by atoms with Crippen molar-refractivity contribution >= 4 is 45.1 Å². The van der Waals surface area contributed by atoms with Crippen LogP contribution in [-0.4, -0.2) is 11.0 Å². The molecule has 2 rings (SSSR count). The van der Waals surface area contributed by atoms with E-state index in [4.69, 9.17) is 22.5 Å². The van der Waals surface area contributed by atoms with E-state index in [1.807, 2.05) is 6.07 Å². The number of hydrogen-bond donors (Lipinski definition) is 2. The summed E-state index contributed by atoms with van der Waals surface area (Å²) in [6.45, 7) is 0. The van der Waals surface area contributed by atoms with Gasteiger partial charge in [0.15, 0.2) is 11.7 Å². The molecule has 0 spiro atoms. The number of benzene rings is 2. The first-order chi connectivity index (χ1) is 9.54. The van der Waals surface area contributed by atoms with Crippen molar-refractivity contribution in [3.8, 4) is 0 Å². The summed E-state index contributed by atoms with van der Waals surface area (Å²) in [6.07, 6.45) is 0. The van der Waals surface area contributed by atoms with Crippen LogP contribution in [0.1, 0.15) is 5.56 Å². The summed E-state index contributed by atoms with van der Waals surface area (Å²) >= 11 is 10.4. The van der Waals surface area contributed by atoms with Crippen LogP contribution >= 0.6 is 39.3 Å². The summed E-state index contributed by atoms with van der Waals surface area (Å²) in [5, 5.41) is 12.0. The summed E-state index contributed by atoms with van der Waals surface area (Å²) in [7, 11) is 0. The van der Waals surface area contributed by atoms with Crippen molar-refractivity contribution < 1.29 is 9.60 Å². The van der Waals surface area contributed by atoms with E-state index in [-0.39, 0.29) is 15.9 Å². The van der Waals surface area contributed by atoms with Gasteiger partial charge in [-0.3, -0.25) is 0 Å². The van der Waals surface area contributed by atoms with Crippen LogP contribution in [0.25, 0.3) is 0 Å². The maximum Gasteiger partial charge on any atom is 0.171 e. The minimum absolute atomic E-state index is 0.143. The van der Waals surface area contributed by atoms with Crippen molar-refractivity contribution in [3.63, 3.8) is 0 Å². The number of rotatable bonds is 3. The zero-order valence-electron chi connectivity index (χ0n) is 9.98. The van der Waals surface area contributed by atoms with E-state index in [2.05, 4.69) is 21.1 Å². The van der Waals surface area contributed by atoms with Crippen LogP contribution in [0.15, 0.2) is 55.8 Å². The first kappa shape index (κ1) is 15.2. The highest BCUT2D eigenvalue weighted by Crippen LogP contribution is 2.37. The lowest BCUT2D eigenvalue weighted by molar-refractivity contribution is 0.318. The van der Waals surface area contributed by atoms with Gasteiger partial charge in [0.2, 0.25) is 0 Å². The van der Waals surface area contributed by atoms with Crippen LogP contribution in [-0.2, 0) is 0 Å². The Balaban J connectivity index is 2.40. The monoisotopic (exact) mass is 374 g/mol. The van der Waals surface area contributed by atoms with Crippen molar-refractivity contribution in [3.05, 3.63) is 57.3 Å². The lowest BCUT2D eigenvalue weighted by atomic mass is 10.2. The number of oxime groups is 1. The Morgan fingerprint density at radius 3 is 2.60 bits per heavy atom. The van der Waals surface area contributed by atoms with Gasteiger partial charge in [0.05, 0.1) is 9.50 Å². The van der Waals surface area contributed by atoms with Crippen molar-refractivity contribution in [2.24, 2.45) is 10.9 Å². The van der Waals surface area contributed by atoms with E-state index in [0.717, 1.165) is 4.90 Å². The van der Waals surface area contributed by atoms with Gasteiger partial charge in [0, 0.05) is 15.4 Å². The summed E-state index contributed by atoms with van der Waals surface area (Å²) in [4.78, 5) is 1.14. The molecule has 20 heavy (non-hydrogen) atoms. The fourth-order valence-corrected chi connectivity index (χ4v) is 3.32. The van der Waals surface area contributed by atoms with E-state index in [1.165, 1.54) is 11.8 Å². The van der Waals surface area contributed by atoms with Crippen molar-refractivity contribution in [2.75, 3.05) is 0 Å². The van der Waals surface area contributed by atoms with Crippen LogP contribution in [0.3, 0.4) is 0 Å². The Morgan fingerprint density at radius 2 is 1.95 bits per heavy atom. The van der Waals surface area contributed by atoms with E-state index >= 15 is 0 Å². The standard InChI is InChI=1S/C13H9BrClFN2OS/c14-11-7(13(17)18-19)5-6-10(12(11)16)20-9-4-2-1-3-8(9)15/h1-6,19H,(H2,17,18). The number of halogens is 3. The quantitative estimate of drug-likeness (QED) is 0.360. The topological polar surface area (TPSA) is 58.6 Å². The third-order valence-corrected chi connectivity index (χ3v) is 4.82. The van der Waals surface area contributed by atoms with E-state index in [1.54, 1.807) is 30.3 Å². The molecule has 0 aromatic heterocycles. The number of hydrogen-bond acceptors (Lipinski definition) is 3. The second kappa shape index (κ2) is 6.47. The Labute approximate surface area is 132 Å². The van der Waals surface area contributed by atoms with Gasteiger partial charge < -0.3 is 10.9 Å². The molecule has 0 aliphatic rings. The highest BCUT2D eigenvalue weighted by molar-refractivity contribution is 9.10. The van der Waals surface area contributed by atoms with Crippen LogP contribution < -0.4 is 5.73 Å². The minimum atomic E-state index is -0.487. The SMILES string of the molecule is N/C(=N/O)c1ccc(Sc2ccccc2Cl)c(F)c1Br. The normalized spacial score (nSPS) is 11.7. The molecule has 0 heterocycles. The average molecular weight is 376 g/mol. The third-order valence-electron chi connectivity index (χ3n) is 2.49. The summed E-state index contributed by atoms with van der Waals surface area (Å²) in [6, 6.07) is 10.3. The fraction of sp³-hybridized carbons (Fsp3) is 0. The number of nitrogens with two attached hydrogens (primary N) is 1. The Kier molecular flexibility index (Phi) is 4.91. The highest BCUT2D eigenvalue weighted by Gasteiger charge is 2.15. The van der Waals surface area contributed by atoms with E-state index in [0.29, 0.717) is 9.92 Å². The van der Waals surface area contributed by atoms with Crippen LogP contribution in [0.2, 0.25) is 5.02 Å². The summed E-state index contributed by atoms with van der Waals surface area (Å²) in [5.74, 6) is -0.649. The summed E-state index contributed by atoms with van der Waals surface area (Å²) in [5.41, 5.74) is 5.75. The lowest BCUT2D eigenvalue weighted by Gasteiger charge is -2.09. The molecule has 104 valence electrons. The molecular weight excluding hydrogens is 367 g/mol. The molecule has 0 saturated heterocycles. The second-order valence-electron chi connectivity index (χ2n) is 3.76. The molecule has 0 radical (unpaired) electrons. The van der Waals surface area contributed by atoms with Crippen LogP contribution in [0, 0.1) is 5.82 Å². The van der Waals surface area contributed by atoms with Gasteiger partial charge in [-0.05, 0) is 40.2 Å². The second-order valence-corrected chi connectivity index (χ2v) is 6.04. The van der Waals surface area contributed by atoms with Gasteiger partial charge in [-0.15, -0.1) is 0 Å². The average Bonchev–Trinajstić information content (AvgIpc) is 2.45. The first-order valence-corrected chi connectivity index (χ1v) is 7.41. The predicted octanol–water partition coefficient (Wildman–Crippen LogP) is 4.49. The first-order valence-electron chi connectivity index (χ1n) is 5.43. The molecule has 0 fully saturated rings. The number of nitrogens with zero attached hydrogens (tertiary/aromatic N) is 1. The van der Waals surface area contributed by atoms with E-state index < -0.39 is 5.82 Å². The van der Waals surface area contributed by atoms with Crippen LogP contribution in [0.4, 0.5) is 4.39 Å². The molecule has 3 nitrogen and oxygen atoms in total. The maximum absolute atomic E-state index is 14.3. The summed E-state index contributed by atoms with van der Waals surface area (Å²) < 4.78 is 14.4. The van der Waals surface area contributed by atoms with Crippen LogP contribution in [0.5, 0.6) is 0 Å². The van der Waals surface area contributed by atoms with E-state index in [9.17, 15) is 4.39 Å². The van der Waals surface area contributed by atoms with Crippen molar-refractivity contribution in [1.29, 1.82) is 0 Å². The van der Waals surface area contributed by atoms with Gasteiger partial charge >= 0.3 is 0 Å². The maximum atomic E-state index is 14.3. The lowest BCUT2D eigenvalue weighted by Crippen LogP contribution is -2.14. The fourth-order valence-electron chi connectivity index (χ4n) is 1.51. The van der Waals surface area contributed by atoms with Crippen molar-refractivity contribution in [1.82, 2.24) is 0 Å². The van der Waals surface area contributed by atoms with Gasteiger partial charge in [0.25, 0.3) is 0 Å². The molecule has 3 N–H and O–H groups in total. The molecule has 0 saturated carbocycles. The smallest absolute Gasteiger partial charge is 0.171 e. The van der Waals surface area contributed by atoms with Gasteiger partial charge in [-0.25, -0.2) is 4.39 Å². The minimum Gasteiger partial charge on any atom is -0.409 e. The highest BCUT2D eigenvalue weighted by atomic mass is 79.9. The zero-order valence-corrected chi connectivity index (χ0v) is 13.1. The Morgan fingerprint density at radius 1 is 1.25 bits per heavy atom. The predicted molar refractivity (Wildman–Crippen MR) is 82.2 cm³/mol. The van der Waals surface area contributed by atoms with Gasteiger partial charge in [-0.2, -0.15) is 0 Å². The molecule has 0 atom stereocenters. The van der Waals surface area contributed by atoms with Crippen molar-refractivity contribution in [2.45, 2.75) is 9.79 Å². The Hall–Kier alpha value is -1.24. The molecule has 2 aromatic rings. The molecule has 0 amide bonds. The van der Waals surface area contributed by atoms with Gasteiger partial charge in [-0.1, -0.05) is 40.7 Å². The largest absolute Gasteiger partial charge is 0.409 e. The van der Waals surface area contributed by atoms with Gasteiger partial charge in [0.1, 0.15) is 0 Å². The molecule has 2 aromatic carbocycles. The molecule has 0 bridgehead atoms. The molecule has 0 aliphatic carbocycles. The Bertz CT molecular complexity index is 681. The molecular formula is C13H9BrClFN2OS. The molecule has 0 unspecified atom stereocenters.